The minimum atomic E-state index is -0.0679. The van der Waals surface area contributed by atoms with Crippen molar-refractivity contribution in [3.8, 4) is 0 Å². The van der Waals surface area contributed by atoms with Crippen LogP contribution in [-0.2, 0) is 6.54 Å². The molecule has 2 rings (SSSR count). The van der Waals surface area contributed by atoms with E-state index >= 15 is 0 Å². The van der Waals surface area contributed by atoms with Gasteiger partial charge in [-0.3, -0.25) is 4.79 Å². The first kappa shape index (κ1) is 15.7. The Morgan fingerprint density at radius 1 is 1.14 bits per heavy atom. The van der Waals surface area contributed by atoms with Gasteiger partial charge in [-0.25, -0.2) is 4.98 Å². The number of benzene rings is 1. The second-order valence-electron chi connectivity index (χ2n) is 6.31. The molecule has 0 aliphatic carbocycles. The molecule has 2 N–H and O–H groups in total. The highest BCUT2D eigenvalue weighted by Gasteiger charge is 2.16. The average molecular weight is 287 g/mol. The first-order chi connectivity index (χ1) is 9.99. The first-order valence-corrected chi connectivity index (χ1v) is 7.67. The molecule has 0 bridgehead atoms. The third-order valence-electron chi connectivity index (χ3n) is 4.05. The Hall–Kier alpha value is -1.68. The number of H-pyrrole nitrogens is 1. The summed E-state index contributed by atoms with van der Waals surface area (Å²) in [5.41, 5.74) is 0.684. The molecular formula is C17H25N3O. The Labute approximate surface area is 126 Å². The summed E-state index contributed by atoms with van der Waals surface area (Å²) in [6.07, 6.45) is 0. The van der Waals surface area contributed by atoms with Gasteiger partial charge in [-0.05, 0) is 36.4 Å². The van der Waals surface area contributed by atoms with Crippen LogP contribution in [0.5, 0.6) is 0 Å². The zero-order valence-electron chi connectivity index (χ0n) is 13.3. The van der Waals surface area contributed by atoms with E-state index in [2.05, 4.69) is 43.0 Å². The zero-order chi connectivity index (χ0) is 15.4. The summed E-state index contributed by atoms with van der Waals surface area (Å²) in [6.45, 7) is 10.5. The molecule has 2 aromatic rings. The Bertz CT molecular complexity index is 638. The zero-order valence-corrected chi connectivity index (χ0v) is 13.3. The molecule has 1 aromatic carbocycles. The number of nitrogens with one attached hydrogen (secondary N) is 2. The van der Waals surface area contributed by atoms with Gasteiger partial charge in [0.25, 0.3) is 5.56 Å². The molecular weight excluding hydrogens is 262 g/mol. The van der Waals surface area contributed by atoms with Gasteiger partial charge in [-0.15, -0.1) is 0 Å². The van der Waals surface area contributed by atoms with E-state index in [0.717, 1.165) is 12.1 Å². The molecule has 0 fully saturated rings. The fourth-order valence-corrected chi connectivity index (χ4v) is 2.82. The highest BCUT2D eigenvalue weighted by molar-refractivity contribution is 5.77. The molecule has 0 amide bonds. The van der Waals surface area contributed by atoms with Crippen LogP contribution in [0.3, 0.4) is 0 Å². The summed E-state index contributed by atoms with van der Waals surface area (Å²) < 4.78 is 0. The second kappa shape index (κ2) is 6.85. The Morgan fingerprint density at radius 3 is 2.48 bits per heavy atom. The summed E-state index contributed by atoms with van der Waals surface area (Å²) in [4.78, 5) is 19.3. The smallest absolute Gasteiger partial charge is 0.258 e. The van der Waals surface area contributed by atoms with Crippen LogP contribution in [-0.4, -0.2) is 16.5 Å². The van der Waals surface area contributed by atoms with Gasteiger partial charge in [-0.1, -0.05) is 39.8 Å². The molecule has 0 saturated carbocycles. The van der Waals surface area contributed by atoms with E-state index in [0.29, 0.717) is 35.5 Å². The molecule has 0 aliphatic rings. The summed E-state index contributed by atoms with van der Waals surface area (Å²) in [6, 6.07) is 7.43. The Kier molecular flexibility index (Phi) is 5.12. The maximum absolute atomic E-state index is 12.0. The molecule has 114 valence electrons. The number of aromatic amines is 1. The average Bonchev–Trinajstić information content (AvgIpc) is 2.43. The third-order valence-corrected chi connectivity index (χ3v) is 4.05. The van der Waals surface area contributed by atoms with Crippen LogP contribution in [0.2, 0.25) is 0 Å². The van der Waals surface area contributed by atoms with Crippen molar-refractivity contribution < 1.29 is 0 Å². The lowest BCUT2D eigenvalue weighted by atomic mass is 9.85. The normalized spacial score (nSPS) is 12.0. The fourth-order valence-electron chi connectivity index (χ4n) is 2.82. The molecule has 0 spiro atoms. The summed E-state index contributed by atoms with van der Waals surface area (Å²) in [5, 5.41) is 4.07. The number of para-hydroxylation sites is 1. The first-order valence-electron chi connectivity index (χ1n) is 7.67. The van der Waals surface area contributed by atoms with Crippen molar-refractivity contribution >= 4 is 10.9 Å². The molecule has 0 radical (unpaired) electrons. The van der Waals surface area contributed by atoms with Gasteiger partial charge in [0.05, 0.1) is 17.4 Å². The third kappa shape index (κ3) is 3.91. The minimum Gasteiger partial charge on any atom is -0.310 e. The van der Waals surface area contributed by atoms with Crippen molar-refractivity contribution in [2.75, 3.05) is 6.54 Å². The van der Waals surface area contributed by atoms with E-state index in [1.807, 2.05) is 18.2 Å². The van der Waals surface area contributed by atoms with Gasteiger partial charge in [0, 0.05) is 0 Å². The maximum Gasteiger partial charge on any atom is 0.258 e. The van der Waals surface area contributed by atoms with Crippen LogP contribution in [0.4, 0.5) is 0 Å². The molecule has 21 heavy (non-hydrogen) atoms. The molecule has 4 heteroatoms. The van der Waals surface area contributed by atoms with Crippen molar-refractivity contribution in [3.63, 3.8) is 0 Å². The molecule has 0 atom stereocenters. The maximum atomic E-state index is 12.0. The van der Waals surface area contributed by atoms with Crippen molar-refractivity contribution in [2.24, 2.45) is 17.8 Å². The quantitative estimate of drug-likeness (QED) is 0.859. The number of aromatic nitrogens is 2. The number of fused-ring (bicyclic) bond motifs is 1. The van der Waals surface area contributed by atoms with Gasteiger partial charge in [0.1, 0.15) is 5.82 Å². The molecule has 1 aromatic heterocycles. The number of nitrogens with zero attached hydrogens (tertiary/aromatic N) is 1. The molecule has 0 saturated heterocycles. The summed E-state index contributed by atoms with van der Waals surface area (Å²) in [5.74, 6) is 2.60. The van der Waals surface area contributed by atoms with Gasteiger partial charge in [0.2, 0.25) is 0 Å². The van der Waals surface area contributed by atoms with Crippen molar-refractivity contribution in [1.82, 2.24) is 15.3 Å². The van der Waals surface area contributed by atoms with E-state index in [9.17, 15) is 4.79 Å². The fraction of sp³-hybridized carbons (Fsp3) is 0.529. The minimum absolute atomic E-state index is 0.0679. The van der Waals surface area contributed by atoms with E-state index in [-0.39, 0.29) is 5.56 Å². The van der Waals surface area contributed by atoms with E-state index in [1.54, 1.807) is 6.07 Å². The van der Waals surface area contributed by atoms with Crippen molar-refractivity contribution in [1.29, 1.82) is 0 Å². The van der Waals surface area contributed by atoms with Gasteiger partial charge < -0.3 is 10.3 Å². The molecule has 4 nitrogen and oxygen atoms in total. The van der Waals surface area contributed by atoms with Crippen LogP contribution >= 0.6 is 0 Å². The van der Waals surface area contributed by atoms with Crippen molar-refractivity contribution in [2.45, 2.75) is 34.2 Å². The van der Waals surface area contributed by atoms with Crippen molar-refractivity contribution in [3.05, 3.63) is 40.4 Å². The predicted octanol–water partition coefficient (Wildman–Crippen LogP) is 2.94. The second-order valence-corrected chi connectivity index (χ2v) is 6.31. The summed E-state index contributed by atoms with van der Waals surface area (Å²) in [7, 11) is 0. The molecule has 0 unspecified atom stereocenters. The van der Waals surface area contributed by atoms with Gasteiger partial charge in [0.15, 0.2) is 0 Å². The lowest BCUT2D eigenvalue weighted by Crippen LogP contribution is -2.30. The van der Waals surface area contributed by atoms with Crippen LogP contribution in [0.25, 0.3) is 10.9 Å². The monoisotopic (exact) mass is 287 g/mol. The van der Waals surface area contributed by atoms with Gasteiger partial charge >= 0.3 is 0 Å². The highest BCUT2D eigenvalue weighted by Crippen LogP contribution is 2.19. The Balaban J connectivity index is 2.05. The van der Waals surface area contributed by atoms with E-state index in [4.69, 9.17) is 0 Å². The van der Waals surface area contributed by atoms with E-state index in [1.165, 1.54) is 0 Å². The predicted molar refractivity (Wildman–Crippen MR) is 87.2 cm³/mol. The highest BCUT2D eigenvalue weighted by atomic mass is 16.1. The van der Waals surface area contributed by atoms with Gasteiger partial charge in [-0.2, -0.15) is 0 Å². The topological polar surface area (TPSA) is 57.8 Å². The molecule has 1 heterocycles. The lowest BCUT2D eigenvalue weighted by molar-refractivity contribution is 0.275. The van der Waals surface area contributed by atoms with Crippen LogP contribution in [0, 0.1) is 17.8 Å². The van der Waals surface area contributed by atoms with Crippen LogP contribution in [0.1, 0.15) is 33.5 Å². The van der Waals surface area contributed by atoms with Crippen LogP contribution in [0.15, 0.2) is 29.1 Å². The summed E-state index contributed by atoms with van der Waals surface area (Å²) >= 11 is 0. The standard InChI is InChI=1S/C17H25N3O/c1-11(2)14(12(3)4)9-18-10-16-19-15-8-6-5-7-13(15)17(21)20-16/h5-8,11-12,14,18H,9-10H2,1-4H3,(H,19,20,21). The van der Waals surface area contributed by atoms with Crippen LogP contribution < -0.4 is 10.9 Å². The van der Waals surface area contributed by atoms with E-state index < -0.39 is 0 Å². The number of hydrogen-bond acceptors (Lipinski definition) is 3. The SMILES string of the molecule is CC(C)C(CNCc1nc2ccccc2c(=O)[nH]1)C(C)C. The largest absolute Gasteiger partial charge is 0.310 e. The number of rotatable bonds is 6. The number of hydrogen-bond donors (Lipinski definition) is 2. The Morgan fingerprint density at radius 2 is 1.81 bits per heavy atom. The lowest BCUT2D eigenvalue weighted by Gasteiger charge is -2.25. The molecule has 0 aliphatic heterocycles.